The van der Waals surface area contributed by atoms with Gasteiger partial charge in [-0.15, -0.1) is 23.2 Å². The molecule has 2 aliphatic carbocycles. The van der Waals surface area contributed by atoms with E-state index in [0.29, 0.717) is 31.9 Å². The molecule has 264 valence electrons. The summed E-state index contributed by atoms with van der Waals surface area (Å²) in [7, 11) is 5.93. The Morgan fingerprint density at radius 1 is 0.863 bits per heavy atom. The van der Waals surface area contributed by atoms with E-state index in [2.05, 4.69) is 0 Å². The normalized spacial score (nSPS) is 28.5. The number of aromatic hydroxyl groups is 1. The summed E-state index contributed by atoms with van der Waals surface area (Å²) >= 11 is 16.5. The highest BCUT2D eigenvalue weighted by Gasteiger charge is 2.76. The van der Waals surface area contributed by atoms with Gasteiger partial charge in [0.15, 0.2) is 21.2 Å². The number of alkyl halides is 2. The number of fused-ring (bicyclic) bond motifs is 4. The molecule has 1 saturated carbocycles. The number of methoxy groups -OCH3 is 3. The number of nitrogens with zero attached hydrogens (tertiary/aromatic N) is 2. The molecule has 0 bridgehead atoms. The molecule has 0 spiro atoms. The zero-order chi connectivity index (χ0) is 36.6. The van der Waals surface area contributed by atoms with Gasteiger partial charge < -0.3 is 19.3 Å². The number of imide groups is 2. The third kappa shape index (κ3) is 5.17. The number of phenols is 1. The molecule has 0 aromatic heterocycles. The molecular formula is C38H33Cl2IN2O8. The van der Waals surface area contributed by atoms with Crippen LogP contribution in [0.25, 0.3) is 12.2 Å². The highest BCUT2D eigenvalue weighted by Crippen LogP contribution is 2.65. The van der Waals surface area contributed by atoms with Crippen LogP contribution in [0.2, 0.25) is 0 Å². The maximum atomic E-state index is 14.4. The van der Waals surface area contributed by atoms with Gasteiger partial charge in [0.25, 0.3) is 11.8 Å². The standard InChI is InChI=1S/C38H33Cl2IN2O8/c1-42-35(47)37(39)18-26-24(31(38(37,40)36(42)48)21-16-27(41)32(44)29(17-21)51-4)12-13-25-30(26)34(46)43(33(25)45)22-9-6-19(7-10-22)5-8-20-15-23(49-2)11-14-28(20)50-3/h5-12,14-17,25-26,30-31,44H,13,18H2,1-4H3/t25-,26+,30-,31-,37+,38-/m0/s1. The maximum absolute atomic E-state index is 14.4. The van der Waals surface area contributed by atoms with E-state index in [1.54, 1.807) is 38.5 Å². The number of hydrogen-bond donors (Lipinski definition) is 1. The van der Waals surface area contributed by atoms with E-state index >= 15 is 0 Å². The SMILES string of the molecule is COc1ccc(OC)c(C=Cc2ccc(N3C(=O)[C@H]4[C@H](CC=C5[C@H]4C[C@@]4(Cl)C(=O)N(C)C(=O)[C@@]4(Cl)[C@H]5c4cc(I)c(O)c(OC)c4)C3=O)cc2)c1. The van der Waals surface area contributed by atoms with Crippen LogP contribution < -0.4 is 19.1 Å². The minimum absolute atomic E-state index is 0.0904. The summed E-state index contributed by atoms with van der Waals surface area (Å²) in [4.78, 5) is 54.4. The minimum atomic E-state index is -1.94. The number of halogens is 3. The van der Waals surface area contributed by atoms with E-state index in [1.807, 2.05) is 71.2 Å². The van der Waals surface area contributed by atoms with Gasteiger partial charge in [-0.25, -0.2) is 0 Å². The topological polar surface area (TPSA) is 123 Å². The first-order valence-electron chi connectivity index (χ1n) is 16.1. The summed E-state index contributed by atoms with van der Waals surface area (Å²) < 4.78 is 16.7. The van der Waals surface area contributed by atoms with Crippen LogP contribution in [0.5, 0.6) is 23.0 Å². The van der Waals surface area contributed by atoms with Crippen molar-refractivity contribution in [3.63, 3.8) is 0 Å². The molecule has 2 saturated heterocycles. The Morgan fingerprint density at radius 3 is 2.24 bits per heavy atom. The van der Waals surface area contributed by atoms with Crippen LogP contribution in [0.15, 0.2) is 66.2 Å². The smallest absolute Gasteiger partial charge is 0.253 e. The monoisotopic (exact) mass is 842 g/mol. The lowest BCUT2D eigenvalue weighted by Crippen LogP contribution is -2.60. The van der Waals surface area contributed by atoms with Crippen molar-refractivity contribution in [2.45, 2.75) is 28.5 Å². The molecule has 0 unspecified atom stereocenters. The van der Waals surface area contributed by atoms with E-state index in [4.69, 9.17) is 37.4 Å². The second-order valence-electron chi connectivity index (χ2n) is 13.1. The van der Waals surface area contributed by atoms with Crippen LogP contribution in [-0.4, -0.2) is 71.8 Å². The molecule has 2 aliphatic heterocycles. The molecule has 1 N–H and O–H groups in total. The summed E-state index contributed by atoms with van der Waals surface area (Å²) in [5.41, 5.74) is 3.20. The Labute approximate surface area is 318 Å². The quantitative estimate of drug-likeness (QED) is 0.0956. The summed E-state index contributed by atoms with van der Waals surface area (Å²) in [5.74, 6) is -3.85. The van der Waals surface area contributed by atoms with Crippen molar-refractivity contribution in [3.8, 4) is 23.0 Å². The fourth-order valence-corrected chi connectivity index (χ4v) is 9.82. The number of hydrogen-bond acceptors (Lipinski definition) is 8. The summed E-state index contributed by atoms with van der Waals surface area (Å²) in [6.45, 7) is 0. The number of allylic oxidation sites excluding steroid dienone is 2. The summed E-state index contributed by atoms with van der Waals surface area (Å²) in [5, 5.41) is 10.6. The second kappa shape index (κ2) is 12.9. The fraction of sp³-hybridized carbons (Fsp3) is 0.316. The van der Waals surface area contributed by atoms with Gasteiger partial charge in [-0.05, 0) is 94.9 Å². The molecule has 51 heavy (non-hydrogen) atoms. The zero-order valence-electron chi connectivity index (χ0n) is 28.0. The van der Waals surface area contributed by atoms with Crippen LogP contribution in [0.1, 0.15) is 35.4 Å². The predicted octanol–water partition coefficient (Wildman–Crippen LogP) is 6.39. The number of likely N-dealkylation sites (tertiary alicyclic amines) is 1. The van der Waals surface area contributed by atoms with Gasteiger partial charge in [-0.3, -0.25) is 29.0 Å². The molecule has 10 nitrogen and oxygen atoms in total. The van der Waals surface area contributed by atoms with Gasteiger partial charge >= 0.3 is 0 Å². The largest absolute Gasteiger partial charge is 0.504 e. The van der Waals surface area contributed by atoms with Crippen LogP contribution in [-0.2, 0) is 19.2 Å². The first kappa shape index (κ1) is 35.3. The number of carbonyl (C=O) groups excluding carboxylic acids is 4. The van der Waals surface area contributed by atoms with Gasteiger partial charge in [0.2, 0.25) is 11.8 Å². The fourth-order valence-electron chi connectivity index (χ4n) is 8.18. The Kier molecular flexibility index (Phi) is 8.91. The first-order valence-corrected chi connectivity index (χ1v) is 18.0. The van der Waals surface area contributed by atoms with Gasteiger partial charge in [-0.1, -0.05) is 35.9 Å². The van der Waals surface area contributed by atoms with Crippen LogP contribution in [0, 0.1) is 21.3 Å². The Hall–Kier alpha value is -4.07. The molecule has 7 rings (SSSR count). The number of phenolic OH excluding ortho intramolecular Hbond substituents is 1. The molecule has 4 amide bonds. The van der Waals surface area contributed by atoms with Crippen molar-refractivity contribution < 1.29 is 38.5 Å². The number of benzene rings is 3. The number of anilines is 1. The summed E-state index contributed by atoms with van der Waals surface area (Å²) in [6.07, 6.45) is 5.76. The Morgan fingerprint density at radius 2 is 1.57 bits per heavy atom. The van der Waals surface area contributed by atoms with Gasteiger partial charge in [0, 0.05) is 18.5 Å². The first-order chi connectivity index (χ1) is 24.3. The average molecular weight is 843 g/mol. The van der Waals surface area contributed by atoms with Crippen LogP contribution >= 0.6 is 45.8 Å². The maximum Gasteiger partial charge on any atom is 0.253 e. The Balaban J connectivity index is 1.24. The van der Waals surface area contributed by atoms with Crippen molar-refractivity contribution in [3.05, 3.63) is 86.5 Å². The molecule has 6 atom stereocenters. The van der Waals surface area contributed by atoms with Crippen molar-refractivity contribution in [2.24, 2.45) is 17.8 Å². The second-order valence-corrected chi connectivity index (χ2v) is 15.5. The van der Waals surface area contributed by atoms with Crippen molar-refractivity contribution in [2.75, 3.05) is 33.3 Å². The molecule has 3 aromatic carbocycles. The summed E-state index contributed by atoms with van der Waals surface area (Å²) in [6, 6.07) is 15.8. The third-order valence-electron chi connectivity index (χ3n) is 10.7. The predicted molar refractivity (Wildman–Crippen MR) is 200 cm³/mol. The van der Waals surface area contributed by atoms with Crippen molar-refractivity contribution in [1.82, 2.24) is 4.90 Å². The molecule has 13 heteroatoms. The van der Waals surface area contributed by atoms with E-state index in [9.17, 15) is 24.3 Å². The third-order valence-corrected chi connectivity index (χ3v) is 12.9. The number of rotatable bonds is 7. The van der Waals surface area contributed by atoms with Crippen molar-refractivity contribution >= 4 is 87.3 Å². The lowest BCUT2D eigenvalue weighted by Gasteiger charge is -2.50. The molecule has 3 aromatic rings. The van der Waals surface area contributed by atoms with Gasteiger partial charge in [-0.2, -0.15) is 0 Å². The number of amides is 4. The molecule has 3 fully saturated rings. The molecule has 2 heterocycles. The van der Waals surface area contributed by atoms with E-state index < -0.39 is 51.1 Å². The Bertz CT molecular complexity index is 2070. The van der Waals surface area contributed by atoms with E-state index in [1.165, 1.54) is 19.1 Å². The van der Waals surface area contributed by atoms with Crippen LogP contribution in [0.4, 0.5) is 5.69 Å². The van der Waals surface area contributed by atoms with E-state index in [0.717, 1.165) is 16.0 Å². The highest BCUT2D eigenvalue weighted by molar-refractivity contribution is 14.1. The highest BCUT2D eigenvalue weighted by atomic mass is 127. The molecular weight excluding hydrogens is 810 g/mol. The van der Waals surface area contributed by atoms with Gasteiger partial charge in [0.1, 0.15) is 11.5 Å². The molecule has 0 radical (unpaired) electrons. The van der Waals surface area contributed by atoms with Crippen LogP contribution in [0.3, 0.4) is 0 Å². The zero-order valence-corrected chi connectivity index (χ0v) is 31.7. The number of ether oxygens (including phenoxy) is 3. The lowest BCUT2D eigenvalue weighted by molar-refractivity contribution is -0.138. The lowest BCUT2D eigenvalue weighted by atomic mass is 9.56. The minimum Gasteiger partial charge on any atom is -0.504 e. The number of carbonyl (C=O) groups is 4. The van der Waals surface area contributed by atoms with Gasteiger partial charge in [0.05, 0.1) is 42.4 Å². The van der Waals surface area contributed by atoms with Crippen molar-refractivity contribution in [1.29, 1.82) is 0 Å². The average Bonchev–Trinajstić information content (AvgIpc) is 3.46. The van der Waals surface area contributed by atoms with E-state index in [-0.39, 0.29) is 30.2 Å². The molecule has 4 aliphatic rings.